The van der Waals surface area contributed by atoms with Crippen molar-refractivity contribution in [1.29, 1.82) is 0 Å². The molecule has 0 radical (unpaired) electrons. The SMILES string of the molecule is CC(C)NC(CO)CSc1ccccc1. The highest BCUT2D eigenvalue weighted by Gasteiger charge is 2.08. The van der Waals surface area contributed by atoms with Gasteiger partial charge in [0.15, 0.2) is 0 Å². The molecule has 1 unspecified atom stereocenters. The van der Waals surface area contributed by atoms with Crippen LogP contribution in [0.5, 0.6) is 0 Å². The monoisotopic (exact) mass is 225 g/mol. The normalized spacial score (nSPS) is 13.1. The Morgan fingerprint density at radius 2 is 1.93 bits per heavy atom. The van der Waals surface area contributed by atoms with Gasteiger partial charge in [-0.1, -0.05) is 32.0 Å². The smallest absolute Gasteiger partial charge is 0.0592 e. The van der Waals surface area contributed by atoms with Gasteiger partial charge in [-0.15, -0.1) is 11.8 Å². The third-order valence-electron chi connectivity index (χ3n) is 1.98. The van der Waals surface area contributed by atoms with E-state index in [1.807, 2.05) is 18.2 Å². The van der Waals surface area contributed by atoms with Crippen LogP contribution in [-0.2, 0) is 0 Å². The summed E-state index contributed by atoms with van der Waals surface area (Å²) in [4.78, 5) is 1.25. The Labute approximate surface area is 96.1 Å². The molecule has 0 amide bonds. The van der Waals surface area contributed by atoms with Gasteiger partial charge in [-0.05, 0) is 12.1 Å². The number of hydrogen-bond donors (Lipinski definition) is 2. The summed E-state index contributed by atoms with van der Waals surface area (Å²) in [6.07, 6.45) is 0. The van der Waals surface area contributed by atoms with Crippen LogP contribution in [-0.4, -0.2) is 29.5 Å². The zero-order valence-electron chi connectivity index (χ0n) is 9.31. The molecule has 1 rings (SSSR count). The van der Waals surface area contributed by atoms with Crippen molar-refractivity contribution in [2.45, 2.75) is 30.8 Å². The van der Waals surface area contributed by atoms with Crippen molar-refractivity contribution in [2.24, 2.45) is 0 Å². The van der Waals surface area contributed by atoms with Crippen molar-refractivity contribution in [2.75, 3.05) is 12.4 Å². The summed E-state index contributed by atoms with van der Waals surface area (Å²) in [5.41, 5.74) is 0. The molecule has 3 heteroatoms. The average Bonchev–Trinajstić information content (AvgIpc) is 2.25. The molecule has 0 aromatic heterocycles. The molecule has 0 aliphatic heterocycles. The molecular formula is C12H19NOS. The van der Waals surface area contributed by atoms with Crippen LogP contribution < -0.4 is 5.32 Å². The number of hydrogen-bond acceptors (Lipinski definition) is 3. The molecule has 0 saturated carbocycles. The van der Waals surface area contributed by atoms with Gasteiger partial charge in [0.25, 0.3) is 0 Å². The summed E-state index contributed by atoms with van der Waals surface area (Å²) in [6.45, 7) is 4.38. The number of rotatable bonds is 6. The predicted octanol–water partition coefficient (Wildman–Crippen LogP) is 2.14. The first-order valence-electron chi connectivity index (χ1n) is 5.27. The van der Waals surface area contributed by atoms with E-state index < -0.39 is 0 Å². The highest BCUT2D eigenvalue weighted by molar-refractivity contribution is 7.99. The van der Waals surface area contributed by atoms with Gasteiger partial charge in [0, 0.05) is 22.7 Å². The Morgan fingerprint density at radius 1 is 1.27 bits per heavy atom. The second-order valence-electron chi connectivity index (χ2n) is 3.82. The van der Waals surface area contributed by atoms with Crippen LogP contribution in [0.25, 0.3) is 0 Å². The molecular weight excluding hydrogens is 206 g/mol. The van der Waals surface area contributed by atoms with Crippen LogP contribution >= 0.6 is 11.8 Å². The molecule has 0 aliphatic rings. The Morgan fingerprint density at radius 3 is 2.47 bits per heavy atom. The number of aliphatic hydroxyl groups is 1. The van der Waals surface area contributed by atoms with Crippen LogP contribution in [0.3, 0.4) is 0 Å². The van der Waals surface area contributed by atoms with Gasteiger partial charge in [-0.2, -0.15) is 0 Å². The first-order chi connectivity index (χ1) is 7.22. The molecule has 0 heterocycles. The fourth-order valence-corrected chi connectivity index (χ4v) is 2.28. The van der Waals surface area contributed by atoms with Crippen LogP contribution in [0, 0.1) is 0 Å². The first-order valence-corrected chi connectivity index (χ1v) is 6.25. The minimum Gasteiger partial charge on any atom is -0.395 e. The minimum atomic E-state index is 0.176. The quantitative estimate of drug-likeness (QED) is 0.728. The highest BCUT2D eigenvalue weighted by atomic mass is 32.2. The van der Waals surface area contributed by atoms with Crippen molar-refractivity contribution in [3.8, 4) is 0 Å². The Hall–Kier alpha value is -0.510. The molecule has 0 saturated heterocycles. The van der Waals surface area contributed by atoms with Crippen molar-refractivity contribution in [3.05, 3.63) is 30.3 Å². The molecule has 2 N–H and O–H groups in total. The maximum Gasteiger partial charge on any atom is 0.0592 e. The molecule has 2 nitrogen and oxygen atoms in total. The van der Waals surface area contributed by atoms with Gasteiger partial charge in [0.1, 0.15) is 0 Å². The summed E-state index contributed by atoms with van der Waals surface area (Å²) >= 11 is 1.77. The lowest BCUT2D eigenvalue weighted by Crippen LogP contribution is -2.39. The minimum absolute atomic E-state index is 0.176. The lowest BCUT2D eigenvalue weighted by Gasteiger charge is -2.18. The van der Waals surface area contributed by atoms with Crippen LogP contribution in [0.15, 0.2) is 35.2 Å². The van der Waals surface area contributed by atoms with E-state index in [4.69, 9.17) is 0 Å². The molecule has 0 fully saturated rings. The van der Waals surface area contributed by atoms with Crippen LogP contribution in [0.1, 0.15) is 13.8 Å². The molecule has 0 spiro atoms. The number of benzene rings is 1. The lowest BCUT2D eigenvalue weighted by atomic mass is 10.3. The van der Waals surface area contributed by atoms with Gasteiger partial charge in [0.05, 0.1) is 6.61 Å². The van der Waals surface area contributed by atoms with Gasteiger partial charge in [0.2, 0.25) is 0 Å². The zero-order chi connectivity index (χ0) is 11.1. The van der Waals surface area contributed by atoms with E-state index in [1.54, 1.807) is 11.8 Å². The molecule has 15 heavy (non-hydrogen) atoms. The van der Waals surface area contributed by atoms with Gasteiger partial charge < -0.3 is 10.4 Å². The Bertz CT molecular complexity index is 264. The maximum absolute atomic E-state index is 9.18. The van der Waals surface area contributed by atoms with Gasteiger partial charge in [-0.25, -0.2) is 0 Å². The summed E-state index contributed by atoms with van der Waals surface area (Å²) in [5.74, 6) is 0.901. The summed E-state index contributed by atoms with van der Waals surface area (Å²) in [6, 6.07) is 10.9. The molecule has 0 aliphatic carbocycles. The number of aliphatic hydroxyl groups excluding tert-OH is 1. The molecule has 1 atom stereocenters. The first kappa shape index (κ1) is 12.6. The number of thioether (sulfide) groups is 1. The second kappa shape index (κ2) is 6.88. The summed E-state index contributed by atoms with van der Waals surface area (Å²) < 4.78 is 0. The summed E-state index contributed by atoms with van der Waals surface area (Å²) in [7, 11) is 0. The highest BCUT2D eigenvalue weighted by Crippen LogP contribution is 2.17. The fraction of sp³-hybridized carbons (Fsp3) is 0.500. The van der Waals surface area contributed by atoms with Crippen molar-refractivity contribution in [3.63, 3.8) is 0 Å². The third kappa shape index (κ3) is 5.21. The standard InChI is InChI=1S/C12H19NOS/c1-10(2)13-11(8-14)9-15-12-6-4-3-5-7-12/h3-7,10-11,13-14H,8-9H2,1-2H3. The fourth-order valence-electron chi connectivity index (χ4n) is 1.34. The predicted molar refractivity (Wildman–Crippen MR) is 66.3 cm³/mol. The molecule has 1 aromatic rings. The van der Waals surface area contributed by atoms with Crippen molar-refractivity contribution >= 4 is 11.8 Å². The van der Waals surface area contributed by atoms with Crippen molar-refractivity contribution in [1.82, 2.24) is 5.32 Å². The average molecular weight is 225 g/mol. The topological polar surface area (TPSA) is 32.3 Å². The molecule has 84 valence electrons. The lowest BCUT2D eigenvalue weighted by molar-refractivity contribution is 0.247. The summed E-state index contributed by atoms with van der Waals surface area (Å²) in [5, 5.41) is 12.5. The third-order valence-corrected chi connectivity index (χ3v) is 3.16. The van der Waals surface area contributed by atoms with E-state index in [9.17, 15) is 5.11 Å². The number of nitrogens with one attached hydrogen (secondary N) is 1. The van der Waals surface area contributed by atoms with E-state index in [1.165, 1.54) is 4.90 Å². The molecule has 1 aromatic carbocycles. The largest absolute Gasteiger partial charge is 0.395 e. The van der Waals surface area contributed by atoms with Crippen LogP contribution in [0.4, 0.5) is 0 Å². The van der Waals surface area contributed by atoms with Crippen LogP contribution in [0.2, 0.25) is 0 Å². The van der Waals surface area contributed by atoms with Crippen molar-refractivity contribution < 1.29 is 5.11 Å². The van der Waals surface area contributed by atoms with E-state index in [0.717, 1.165) is 5.75 Å². The van der Waals surface area contributed by atoms with Gasteiger partial charge in [-0.3, -0.25) is 0 Å². The Kier molecular flexibility index (Phi) is 5.76. The maximum atomic E-state index is 9.18. The van der Waals surface area contributed by atoms with Gasteiger partial charge >= 0.3 is 0 Å². The van der Waals surface area contributed by atoms with E-state index in [0.29, 0.717) is 6.04 Å². The zero-order valence-corrected chi connectivity index (χ0v) is 10.1. The van der Waals surface area contributed by atoms with E-state index >= 15 is 0 Å². The molecule has 0 bridgehead atoms. The Balaban J connectivity index is 2.34. The van der Waals surface area contributed by atoms with E-state index in [-0.39, 0.29) is 12.6 Å². The van der Waals surface area contributed by atoms with E-state index in [2.05, 4.69) is 31.3 Å². The second-order valence-corrected chi connectivity index (χ2v) is 4.92.